The Bertz CT molecular complexity index is 4780. The largest absolute Gasteiger partial charge is 0.488 e. The van der Waals surface area contributed by atoms with Crippen LogP contribution < -0.4 is 0 Å². The topological polar surface area (TPSA) is 40.5 Å². The molecule has 8 aliphatic carbocycles. The molecule has 0 heterocycles. The van der Waals surface area contributed by atoms with Crippen molar-refractivity contribution in [1.29, 1.82) is 0 Å². The van der Waals surface area contributed by atoms with Gasteiger partial charge in [-0.25, -0.2) is 0 Å². The minimum absolute atomic E-state index is 0.0206. The SMILES string of the molecule is CC1(C)c2ccccc2-c2ccc(Br)cc21.CC1(C)c2ccccc2-c2ccc(C3=CC4C=CC(c5ccc6c7c(cccc57)-c5ccccc5-6)=CC4C=C3)cc21.OB(O)C1=CC2C=CC(c3ccc4c5c(cccc35)-c3ccccc3-4)=CC2C=C1. The Labute approximate surface area is 512 Å². The lowest BCUT2D eigenvalue weighted by molar-refractivity contribution is 0.419. The molecule has 0 radical (unpaired) electrons. The number of rotatable bonds is 4. The summed E-state index contributed by atoms with van der Waals surface area (Å²) < 4.78 is 1.16. The van der Waals surface area contributed by atoms with Gasteiger partial charge in [0, 0.05) is 39.0 Å². The molecule has 8 aliphatic rings. The lowest BCUT2D eigenvalue weighted by atomic mass is 9.70. The second-order valence-electron chi connectivity index (χ2n) is 25.3. The molecule has 10 aromatic carbocycles. The summed E-state index contributed by atoms with van der Waals surface area (Å²) in [5, 5.41) is 24.3. The zero-order valence-electron chi connectivity index (χ0n) is 48.6. The van der Waals surface area contributed by atoms with Crippen molar-refractivity contribution in [3.63, 3.8) is 0 Å². The molecular weight excluding hydrogens is 1110 g/mol. The van der Waals surface area contributed by atoms with E-state index in [1.54, 1.807) is 0 Å². The third kappa shape index (κ3) is 8.29. The summed E-state index contributed by atoms with van der Waals surface area (Å²) in [6.45, 7) is 9.31. The van der Waals surface area contributed by atoms with Crippen LogP contribution in [0.15, 0.2) is 277 Å². The normalized spacial score (nSPS) is 19.6. The van der Waals surface area contributed by atoms with E-state index in [1.165, 1.54) is 144 Å². The van der Waals surface area contributed by atoms with Gasteiger partial charge >= 0.3 is 7.12 Å². The predicted molar refractivity (Wildman–Crippen MR) is 365 cm³/mol. The van der Waals surface area contributed by atoms with E-state index in [0.29, 0.717) is 17.3 Å². The molecule has 0 aliphatic heterocycles. The fraction of sp³-hybridized carbons (Fsp3) is 0.122. The molecule has 0 saturated carbocycles. The number of benzene rings is 10. The first kappa shape index (κ1) is 52.6. The highest BCUT2D eigenvalue weighted by atomic mass is 79.9. The summed E-state index contributed by atoms with van der Waals surface area (Å²) in [6.07, 6.45) is 26.9. The van der Waals surface area contributed by atoms with E-state index in [0.717, 1.165) is 4.47 Å². The van der Waals surface area contributed by atoms with Crippen molar-refractivity contribution in [3.05, 3.63) is 316 Å². The Morgan fingerprint density at radius 1 is 0.326 bits per heavy atom. The summed E-state index contributed by atoms with van der Waals surface area (Å²) in [6, 6.07) is 71.2. The smallest absolute Gasteiger partial charge is 0.423 e. The van der Waals surface area contributed by atoms with Crippen LogP contribution in [0.25, 0.3) is 105 Å². The Balaban J connectivity index is 0.000000115. The van der Waals surface area contributed by atoms with Gasteiger partial charge in [0.15, 0.2) is 0 Å². The predicted octanol–water partition coefficient (Wildman–Crippen LogP) is 20.6. The van der Waals surface area contributed by atoms with Gasteiger partial charge in [0.1, 0.15) is 0 Å². The molecule has 18 rings (SSSR count). The lowest BCUT2D eigenvalue weighted by Crippen LogP contribution is -2.21. The van der Waals surface area contributed by atoms with Crippen LogP contribution in [-0.2, 0) is 10.8 Å². The van der Waals surface area contributed by atoms with E-state index in [1.807, 2.05) is 12.2 Å². The summed E-state index contributed by atoms with van der Waals surface area (Å²) in [5.74, 6) is 1.15. The van der Waals surface area contributed by atoms with Crippen molar-refractivity contribution in [3.8, 4) is 66.8 Å². The van der Waals surface area contributed by atoms with E-state index in [4.69, 9.17) is 0 Å². The van der Waals surface area contributed by atoms with Crippen molar-refractivity contribution >= 4 is 61.3 Å². The Morgan fingerprint density at radius 3 is 1.19 bits per heavy atom. The first-order valence-corrected chi connectivity index (χ1v) is 31.1. The lowest BCUT2D eigenvalue weighted by Gasteiger charge is -2.27. The van der Waals surface area contributed by atoms with E-state index >= 15 is 0 Å². The van der Waals surface area contributed by atoms with Crippen molar-refractivity contribution in [1.82, 2.24) is 0 Å². The molecule has 0 fully saturated rings. The van der Waals surface area contributed by atoms with Crippen LogP contribution in [0.2, 0.25) is 0 Å². The molecule has 4 atom stereocenters. The van der Waals surface area contributed by atoms with Gasteiger partial charge in [0.2, 0.25) is 0 Å². The molecule has 0 aromatic heterocycles. The molecule has 86 heavy (non-hydrogen) atoms. The van der Waals surface area contributed by atoms with Crippen molar-refractivity contribution in [2.24, 2.45) is 23.7 Å². The van der Waals surface area contributed by atoms with Gasteiger partial charge in [-0.3, -0.25) is 0 Å². The van der Waals surface area contributed by atoms with E-state index in [9.17, 15) is 10.0 Å². The van der Waals surface area contributed by atoms with E-state index in [-0.39, 0.29) is 22.7 Å². The zero-order chi connectivity index (χ0) is 58.2. The molecular formula is C82H62BBrO2. The van der Waals surface area contributed by atoms with Crippen molar-refractivity contribution in [2.75, 3.05) is 0 Å². The zero-order valence-corrected chi connectivity index (χ0v) is 50.1. The third-order valence-corrected chi connectivity index (χ3v) is 20.4. The van der Waals surface area contributed by atoms with E-state index in [2.05, 4.69) is 299 Å². The van der Waals surface area contributed by atoms with Crippen LogP contribution in [-0.4, -0.2) is 17.2 Å². The van der Waals surface area contributed by atoms with Crippen LogP contribution >= 0.6 is 15.9 Å². The number of fused-ring (bicyclic) bond motifs is 14. The van der Waals surface area contributed by atoms with Crippen LogP contribution in [0.5, 0.6) is 0 Å². The Morgan fingerprint density at radius 2 is 0.686 bits per heavy atom. The highest BCUT2D eigenvalue weighted by Crippen LogP contribution is 2.54. The summed E-state index contributed by atoms with van der Waals surface area (Å²) in [7, 11) is -1.41. The molecule has 0 amide bonds. The average molecular weight is 1170 g/mol. The molecule has 412 valence electrons. The number of hydrogen-bond donors (Lipinski definition) is 2. The van der Waals surface area contributed by atoms with Crippen LogP contribution in [0, 0.1) is 23.7 Å². The van der Waals surface area contributed by atoms with Crippen molar-refractivity contribution < 1.29 is 10.0 Å². The maximum absolute atomic E-state index is 9.44. The second kappa shape index (κ2) is 20.1. The minimum Gasteiger partial charge on any atom is -0.423 e. The summed E-state index contributed by atoms with van der Waals surface area (Å²) in [4.78, 5) is 0. The first-order chi connectivity index (χ1) is 41.9. The van der Waals surface area contributed by atoms with Gasteiger partial charge < -0.3 is 10.0 Å². The molecule has 0 spiro atoms. The van der Waals surface area contributed by atoms with Gasteiger partial charge in [-0.2, -0.15) is 0 Å². The van der Waals surface area contributed by atoms with Crippen molar-refractivity contribution in [2.45, 2.75) is 38.5 Å². The summed E-state index contributed by atoms with van der Waals surface area (Å²) in [5.41, 5.74) is 30.4. The van der Waals surface area contributed by atoms with Gasteiger partial charge in [0.05, 0.1) is 0 Å². The van der Waals surface area contributed by atoms with Gasteiger partial charge in [-0.05, 0) is 168 Å². The maximum atomic E-state index is 9.44. The molecule has 0 saturated heterocycles. The average Bonchev–Trinajstić information content (AvgIpc) is 1.78. The quantitative estimate of drug-likeness (QED) is 0.172. The van der Waals surface area contributed by atoms with Crippen LogP contribution in [0.1, 0.15) is 66.6 Å². The molecule has 4 unspecified atom stereocenters. The summed E-state index contributed by atoms with van der Waals surface area (Å²) >= 11 is 3.56. The van der Waals surface area contributed by atoms with Gasteiger partial charge in [-0.15, -0.1) is 0 Å². The third-order valence-electron chi connectivity index (χ3n) is 19.9. The number of halogens is 1. The number of hydrogen-bond acceptors (Lipinski definition) is 2. The minimum atomic E-state index is -1.41. The van der Waals surface area contributed by atoms with Crippen LogP contribution in [0.4, 0.5) is 0 Å². The van der Waals surface area contributed by atoms with Gasteiger partial charge in [-0.1, -0.05) is 292 Å². The highest BCUT2D eigenvalue weighted by Gasteiger charge is 2.37. The fourth-order valence-corrected chi connectivity index (χ4v) is 15.9. The Hall–Kier alpha value is -8.90. The number of allylic oxidation sites excluding steroid dienone is 16. The molecule has 4 heteroatoms. The standard InChI is InChI=1S/C41H30.C26H19BO2.C15H13Br/c1-41(2)38-13-6-5-10-33(38)34-19-18-28(24-39(34)41)26-14-15-27-23-29(17-16-25(27)22-26)30-20-21-37-32-9-4-3-8-31(32)36-12-7-11-35(30)40(36)37;28-27(29)19-11-10-16-14-18(9-8-17(16)15-19)20-12-13-25-22-5-2-1-4-21(22)24-7-3-6-23(20)26(24)25;1-15(2)13-6-4-3-5-11(13)12-8-7-10(16)9-14(12)15/h3-25,27H,1-2H3;1-17,28-29H;3-9H,1-2H3. The molecule has 10 aromatic rings. The van der Waals surface area contributed by atoms with Gasteiger partial charge in [0.25, 0.3) is 0 Å². The molecule has 0 bridgehead atoms. The van der Waals surface area contributed by atoms with E-state index < -0.39 is 7.12 Å². The molecule has 2 N–H and O–H groups in total. The Kier molecular flexibility index (Phi) is 12.3. The highest BCUT2D eigenvalue weighted by molar-refractivity contribution is 9.10. The first-order valence-electron chi connectivity index (χ1n) is 30.3. The second-order valence-corrected chi connectivity index (χ2v) is 26.2. The fourth-order valence-electron chi connectivity index (χ4n) is 15.5. The maximum Gasteiger partial charge on any atom is 0.488 e. The molecule has 2 nitrogen and oxygen atoms in total. The monoisotopic (exact) mass is 1170 g/mol. The van der Waals surface area contributed by atoms with Crippen LogP contribution in [0.3, 0.4) is 0 Å².